The second-order valence-corrected chi connectivity index (χ2v) is 12.1. The van der Waals surface area contributed by atoms with Crippen molar-refractivity contribution in [2.45, 2.75) is 72.2 Å². The number of hydrogen-bond donors (Lipinski definition) is 2. The van der Waals surface area contributed by atoms with Gasteiger partial charge in [0.15, 0.2) is 16.9 Å². The lowest BCUT2D eigenvalue weighted by atomic mass is 10.1. The molecular formula is C32H43N7O7. The van der Waals surface area contributed by atoms with Gasteiger partial charge in [0.25, 0.3) is 5.56 Å². The number of rotatable bonds is 11. The maximum absolute atomic E-state index is 14.0. The average molecular weight is 638 g/mol. The van der Waals surface area contributed by atoms with Crippen molar-refractivity contribution in [1.82, 2.24) is 24.0 Å². The second-order valence-electron chi connectivity index (χ2n) is 12.1. The fraction of sp³-hybridized carbons (Fsp3) is 0.500. The van der Waals surface area contributed by atoms with E-state index in [-0.39, 0.29) is 35.9 Å². The van der Waals surface area contributed by atoms with E-state index in [1.165, 1.54) is 11.6 Å². The number of carbonyl (C=O) groups is 3. The molecule has 3 heterocycles. The number of aromatic nitrogens is 4. The van der Waals surface area contributed by atoms with E-state index < -0.39 is 41.2 Å². The minimum atomic E-state index is -0.687. The van der Waals surface area contributed by atoms with Crippen molar-refractivity contribution in [3.05, 3.63) is 62.8 Å². The average Bonchev–Trinajstić information content (AvgIpc) is 3.39. The number of benzene rings is 1. The maximum Gasteiger partial charge on any atom is 0.407 e. The summed E-state index contributed by atoms with van der Waals surface area (Å²) in [5, 5.41) is 5.84. The summed E-state index contributed by atoms with van der Waals surface area (Å²) in [6.07, 6.45) is 4.72. The molecule has 0 radical (unpaired) electrons. The molecule has 1 aliphatic rings. The minimum absolute atomic E-state index is 0.149. The Bertz CT molecular complexity index is 1750. The molecule has 0 bridgehead atoms. The van der Waals surface area contributed by atoms with Gasteiger partial charge in [0.2, 0.25) is 5.95 Å². The first-order chi connectivity index (χ1) is 21.8. The van der Waals surface area contributed by atoms with Crippen molar-refractivity contribution >= 4 is 40.6 Å². The topological polar surface area (TPSA) is 159 Å². The number of esters is 1. The summed E-state index contributed by atoms with van der Waals surface area (Å²) in [6.45, 7) is 9.87. The number of piperidine rings is 1. The van der Waals surface area contributed by atoms with Gasteiger partial charge in [0.1, 0.15) is 12.1 Å². The number of amides is 1. The van der Waals surface area contributed by atoms with Gasteiger partial charge < -0.3 is 29.6 Å². The van der Waals surface area contributed by atoms with Crippen LogP contribution in [-0.2, 0) is 34.4 Å². The first kappa shape index (κ1) is 34.0. The number of nitrogens with zero attached hydrogens (tertiary/aromatic N) is 5. The van der Waals surface area contributed by atoms with Gasteiger partial charge in [-0.1, -0.05) is 24.3 Å². The van der Waals surface area contributed by atoms with Crippen molar-refractivity contribution < 1.29 is 23.9 Å². The predicted octanol–water partition coefficient (Wildman–Crippen LogP) is 2.82. The Morgan fingerprint density at radius 1 is 1.13 bits per heavy atom. The molecule has 1 fully saturated rings. The van der Waals surface area contributed by atoms with Crippen LogP contribution in [0.15, 0.2) is 46.0 Å². The zero-order chi connectivity index (χ0) is 33.6. The van der Waals surface area contributed by atoms with E-state index in [2.05, 4.69) is 10.6 Å². The number of ether oxygens (including phenoxy) is 2. The molecule has 46 heavy (non-hydrogen) atoms. The van der Waals surface area contributed by atoms with Gasteiger partial charge in [-0.3, -0.25) is 23.5 Å². The van der Waals surface area contributed by atoms with Gasteiger partial charge in [0.05, 0.1) is 13.2 Å². The van der Waals surface area contributed by atoms with E-state index in [1.54, 1.807) is 56.5 Å². The van der Waals surface area contributed by atoms with Crippen molar-refractivity contribution in [2.75, 3.05) is 36.5 Å². The lowest BCUT2D eigenvalue weighted by Crippen LogP contribution is -2.49. The van der Waals surface area contributed by atoms with E-state index in [9.17, 15) is 24.0 Å². The molecule has 1 aliphatic heterocycles. The first-order valence-electron chi connectivity index (χ1n) is 15.4. The number of alkyl carbamates (subject to hydrolysis) is 1. The molecule has 2 aromatic heterocycles. The zero-order valence-electron chi connectivity index (χ0n) is 27.3. The Morgan fingerprint density at radius 2 is 1.87 bits per heavy atom. The molecule has 1 unspecified atom stereocenters. The number of allylic oxidation sites excluding steroid dienone is 2. The molecule has 1 atom stereocenters. The van der Waals surface area contributed by atoms with Gasteiger partial charge in [0, 0.05) is 44.0 Å². The van der Waals surface area contributed by atoms with E-state index in [4.69, 9.17) is 14.5 Å². The molecule has 14 heteroatoms. The summed E-state index contributed by atoms with van der Waals surface area (Å²) in [5.41, 5.74) is -0.991. The third-order valence-corrected chi connectivity index (χ3v) is 7.42. The number of imidazole rings is 1. The Labute approximate surface area is 267 Å². The van der Waals surface area contributed by atoms with E-state index >= 15 is 0 Å². The quantitative estimate of drug-likeness (QED) is 0.182. The molecule has 14 nitrogen and oxygen atoms in total. The van der Waals surface area contributed by atoms with Crippen LogP contribution >= 0.6 is 0 Å². The number of nitrogens with one attached hydrogen (secondary N) is 2. The Hall–Kier alpha value is -4.88. The van der Waals surface area contributed by atoms with Crippen molar-refractivity contribution in [3.63, 3.8) is 0 Å². The summed E-state index contributed by atoms with van der Waals surface area (Å²) >= 11 is 0. The fourth-order valence-corrected chi connectivity index (χ4v) is 5.36. The van der Waals surface area contributed by atoms with Gasteiger partial charge in [-0.05, 0) is 59.6 Å². The van der Waals surface area contributed by atoms with Gasteiger partial charge in [-0.2, -0.15) is 4.98 Å². The van der Waals surface area contributed by atoms with Gasteiger partial charge in [-0.15, -0.1) is 0 Å². The van der Waals surface area contributed by atoms with E-state index in [1.807, 2.05) is 24.0 Å². The largest absolute Gasteiger partial charge is 0.465 e. The molecule has 248 valence electrons. The van der Waals surface area contributed by atoms with E-state index in [0.717, 1.165) is 17.4 Å². The number of ketones is 1. The van der Waals surface area contributed by atoms with Crippen LogP contribution in [0.3, 0.4) is 0 Å². The monoisotopic (exact) mass is 637 g/mol. The van der Waals surface area contributed by atoms with Crippen molar-refractivity contribution in [3.8, 4) is 0 Å². The molecule has 0 saturated carbocycles. The number of Topliss-reactive ketones (excluding diaryl/α,β-unsaturated/α-hetero) is 1. The molecule has 0 spiro atoms. The van der Waals surface area contributed by atoms with Crippen LogP contribution in [0.4, 0.5) is 16.4 Å². The SMILES string of the molecule is C/C=C/Cn1c(N2CCCC(NC(=O)OC(C)(C)C)C2)nc2c1c(=O)n(CC(=O)c1ccccc1NCC(=O)OCC)c(=O)n2C. The summed E-state index contributed by atoms with van der Waals surface area (Å²) in [4.78, 5) is 72.1. The molecule has 4 rings (SSSR count). The summed E-state index contributed by atoms with van der Waals surface area (Å²) < 4.78 is 14.3. The fourth-order valence-electron chi connectivity index (χ4n) is 5.36. The summed E-state index contributed by atoms with van der Waals surface area (Å²) in [6, 6.07) is 6.36. The van der Waals surface area contributed by atoms with Crippen LogP contribution in [0.25, 0.3) is 11.2 Å². The number of fused-ring (bicyclic) bond motifs is 1. The third kappa shape index (κ3) is 7.85. The summed E-state index contributed by atoms with van der Waals surface area (Å²) in [7, 11) is 1.51. The first-order valence-corrected chi connectivity index (χ1v) is 15.4. The Morgan fingerprint density at radius 3 is 2.57 bits per heavy atom. The third-order valence-electron chi connectivity index (χ3n) is 7.42. The second kappa shape index (κ2) is 14.5. The normalized spacial score (nSPS) is 15.3. The Balaban J connectivity index is 1.69. The van der Waals surface area contributed by atoms with Gasteiger partial charge in [-0.25, -0.2) is 9.59 Å². The van der Waals surface area contributed by atoms with Crippen LogP contribution in [0.2, 0.25) is 0 Å². The molecule has 1 aromatic carbocycles. The number of carbonyl (C=O) groups excluding carboxylic acids is 3. The van der Waals surface area contributed by atoms with Gasteiger partial charge >= 0.3 is 17.8 Å². The maximum atomic E-state index is 14.0. The smallest absolute Gasteiger partial charge is 0.407 e. The zero-order valence-corrected chi connectivity index (χ0v) is 27.3. The van der Waals surface area contributed by atoms with Crippen molar-refractivity contribution in [2.24, 2.45) is 7.05 Å². The van der Waals surface area contributed by atoms with Crippen molar-refractivity contribution in [1.29, 1.82) is 0 Å². The van der Waals surface area contributed by atoms with E-state index in [0.29, 0.717) is 31.3 Å². The molecule has 0 aliphatic carbocycles. The highest BCUT2D eigenvalue weighted by Gasteiger charge is 2.29. The van der Waals surface area contributed by atoms with Crippen LogP contribution in [0.5, 0.6) is 0 Å². The minimum Gasteiger partial charge on any atom is -0.465 e. The number of para-hydroxylation sites is 1. The molecule has 1 amide bonds. The highest BCUT2D eigenvalue weighted by molar-refractivity contribution is 6.01. The number of hydrogen-bond acceptors (Lipinski definition) is 10. The number of anilines is 2. The lowest BCUT2D eigenvalue weighted by Gasteiger charge is -2.34. The molecule has 1 saturated heterocycles. The Kier molecular flexibility index (Phi) is 10.7. The van der Waals surface area contributed by atoms with Crippen LogP contribution < -0.4 is 26.8 Å². The highest BCUT2D eigenvalue weighted by atomic mass is 16.6. The molecular weight excluding hydrogens is 594 g/mol. The lowest BCUT2D eigenvalue weighted by molar-refractivity contribution is -0.140. The standard InChI is InChI=1S/C32H43N7O7/c1-7-9-17-38-26-27(35-29(38)37-16-12-13-21(19-37)34-30(43)46-32(3,4)5)36(6)31(44)39(28(26)42)20-24(40)22-14-10-11-15-23(22)33-18-25(41)45-8-2/h7,9-11,14-15,21,33H,8,12-13,16-20H2,1-6H3,(H,34,43)/b9-7+. The van der Waals surface area contributed by atoms with Crippen LogP contribution in [0, 0.1) is 0 Å². The van der Waals surface area contributed by atoms with Crippen LogP contribution in [0.1, 0.15) is 57.8 Å². The van der Waals surface area contributed by atoms with Crippen LogP contribution in [-0.4, -0.2) is 74.4 Å². The number of aryl methyl sites for hydroxylation is 1. The molecule has 2 N–H and O–H groups in total. The highest BCUT2D eigenvalue weighted by Crippen LogP contribution is 2.24. The predicted molar refractivity (Wildman–Crippen MR) is 175 cm³/mol. The molecule has 3 aromatic rings. The summed E-state index contributed by atoms with van der Waals surface area (Å²) in [5.74, 6) is -0.489.